The number of phenols is 1. The Bertz CT molecular complexity index is 1530. The smallest absolute Gasteiger partial charge is 0.172 e. The van der Waals surface area contributed by atoms with Gasteiger partial charge >= 0.3 is 0 Å². The molecule has 0 aromatic heterocycles. The van der Waals surface area contributed by atoms with E-state index in [1.165, 1.54) is 6.92 Å². The number of benzene rings is 3. The zero-order valence-corrected chi connectivity index (χ0v) is 22.5. The number of anilines is 1. The molecule has 0 spiro atoms. The van der Waals surface area contributed by atoms with Crippen LogP contribution in [0.1, 0.15) is 51.3 Å². The van der Waals surface area contributed by atoms with Gasteiger partial charge in [-0.2, -0.15) is 0 Å². The summed E-state index contributed by atoms with van der Waals surface area (Å²) in [6.07, 6.45) is 4.18. The largest absolute Gasteiger partial charge is 0.504 e. The topological polar surface area (TPSA) is 60.0 Å². The second-order valence-corrected chi connectivity index (χ2v) is 10.4. The molecular weight excluding hydrogens is 481 g/mol. The number of hydrogen-bond acceptors (Lipinski definition) is 5. The first-order valence-corrected chi connectivity index (χ1v) is 12.6. The highest BCUT2D eigenvalue weighted by Crippen LogP contribution is 2.54. The van der Waals surface area contributed by atoms with Gasteiger partial charge in [-0.3, -0.25) is 0 Å². The van der Waals surface area contributed by atoms with Gasteiger partial charge in [0, 0.05) is 22.4 Å². The first-order valence-electron chi connectivity index (χ1n) is 12.6. The van der Waals surface area contributed by atoms with Crippen molar-refractivity contribution in [3.8, 4) is 34.1 Å². The molecule has 0 unspecified atom stereocenters. The molecule has 0 saturated heterocycles. The number of aromatic hydroxyl groups is 1. The second kappa shape index (κ2) is 9.60. The maximum absolute atomic E-state index is 13.5. The van der Waals surface area contributed by atoms with Gasteiger partial charge < -0.3 is 24.6 Å². The normalized spacial score (nSPS) is 16.7. The van der Waals surface area contributed by atoms with Gasteiger partial charge in [-0.15, -0.1) is 0 Å². The summed E-state index contributed by atoms with van der Waals surface area (Å²) in [4.78, 5) is 0. The summed E-state index contributed by atoms with van der Waals surface area (Å²) in [7, 11) is 1.54. The number of ether oxygens (including phenoxy) is 3. The molecule has 0 bridgehead atoms. The van der Waals surface area contributed by atoms with Crippen LogP contribution in [0.4, 0.5) is 10.1 Å². The van der Waals surface area contributed by atoms with Gasteiger partial charge in [0.25, 0.3) is 0 Å². The molecule has 0 atom stereocenters. The van der Waals surface area contributed by atoms with Crippen LogP contribution in [0, 0.1) is 0 Å². The number of fused-ring (bicyclic) bond motifs is 5. The molecule has 2 N–H and O–H groups in total. The quantitative estimate of drug-likeness (QED) is 0.360. The van der Waals surface area contributed by atoms with Gasteiger partial charge in [-0.1, -0.05) is 24.3 Å². The summed E-state index contributed by atoms with van der Waals surface area (Å²) in [6, 6.07) is 15.1. The highest BCUT2D eigenvalue weighted by atomic mass is 19.1. The Labute approximate surface area is 222 Å². The molecule has 5 rings (SSSR count). The number of methoxy groups -OCH3 is 1. The fraction of sp³-hybridized carbons (Fsp3) is 0.250. The third kappa shape index (κ3) is 4.62. The molecule has 5 nitrogen and oxygen atoms in total. The average molecular weight is 514 g/mol. The van der Waals surface area contributed by atoms with Crippen LogP contribution in [0.2, 0.25) is 0 Å². The standard InChI is InChI=1S/C32H32FNO4/c1-18-16-32(4,5)34-24-11-10-23-29(28(18)24)27(38-26-13-12-25(35)31(36-6)30(23)26)15-21-8-7-9-22(14-21)37-17-19(2)20(3)33/h7-16,34-35H,17H2,1-6H3/b20-19-,27-15-. The van der Waals surface area contributed by atoms with Crippen LogP contribution in [-0.2, 0) is 0 Å². The number of allylic oxidation sites excluding steroid dienone is 2. The Morgan fingerprint density at radius 1 is 1.08 bits per heavy atom. The van der Waals surface area contributed by atoms with E-state index in [-0.39, 0.29) is 23.7 Å². The molecule has 0 fully saturated rings. The molecule has 0 saturated carbocycles. The van der Waals surface area contributed by atoms with Crippen molar-refractivity contribution in [2.75, 3.05) is 19.0 Å². The van der Waals surface area contributed by atoms with Crippen LogP contribution in [0.5, 0.6) is 23.0 Å². The van der Waals surface area contributed by atoms with E-state index in [0.29, 0.717) is 34.1 Å². The minimum atomic E-state index is -0.236. The molecular formula is C32H32FNO4. The third-order valence-corrected chi connectivity index (χ3v) is 6.87. The van der Waals surface area contributed by atoms with Crippen LogP contribution in [-0.4, -0.2) is 24.4 Å². The van der Waals surface area contributed by atoms with Crippen molar-refractivity contribution in [3.05, 3.63) is 82.7 Å². The predicted molar refractivity (Wildman–Crippen MR) is 151 cm³/mol. The van der Waals surface area contributed by atoms with E-state index in [4.69, 9.17) is 14.2 Å². The summed E-state index contributed by atoms with van der Waals surface area (Å²) < 4.78 is 31.4. The van der Waals surface area contributed by atoms with Gasteiger partial charge in [0.15, 0.2) is 11.5 Å². The lowest BCUT2D eigenvalue weighted by atomic mass is 9.83. The molecule has 38 heavy (non-hydrogen) atoms. The predicted octanol–water partition coefficient (Wildman–Crippen LogP) is 8.21. The molecule has 0 aliphatic carbocycles. The first-order chi connectivity index (χ1) is 18.1. The molecule has 3 aromatic carbocycles. The molecule has 2 heterocycles. The summed E-state index contributed by atoms with van der Waals surface area (Å²) >= 11 is 0. The summed E-state index contributed by atoms with van der Waals surface area (Å²) in [6.45, 7) is 9.69. The lowest BCUT2D eigenvalue weighted by Crippen LogP contribution is -2.32. The lowest BCUT2D eigenvalue weighted by molar-refractivity contribution is 0.347. The third-order valence-electron chi connectivity index (χ3n) is 6.87. The highest BCUT2D eigenvalue weighted by molar-refractivity contribution is 6.02. The Morgan fingerprint density at radius 2 is 1.87 bits per heavy atom. The zero-order valence-electron chi connectivity index (χ0n) is 22.5. The van der Waals surface area contributed by atoms with Crippen LogP contribution < -0.4 is 19.5 Å². The Morgan fingerprint density at radius 3 is 2.61 bits per heavy atom. The second-order valence-electron chi connectivity index (χ2n) is 10.4. The van der Waals surface area contributed by atoms with Gasteiger partial charge in [-0.05, 0) is 87.7 Å². The summed E-state index contributed by atoms with van der Waals surface area (Å²) in [5.74, 6) is 2.08. The molecule has 196 valence electrons. The molecule has 0 amide bonds. The fourth-order valence-corrected chi connectivity index (χ4v) is 5.09. The van der Waals surface area contributed by atoms with Crippen molar-refractivity contribution in [1.82, 2.24) is 0 Å². The van der Waals surface area contributed by atoms with Gasteiger partial charge in [-0.25, -0.2) is 4.39 Å². The van der Waals surface area contributed by atoms with Crippen molar-refractivity contribution in [2.24, 2.45) is 0 Å². The van der Waals surface area contributed by atoms with E-state index in [2.05, 4.69) is 38.2 Å². The number of rotatable bonds is 5. The Hall–Kier alpha value is -4.19. The van der Waals surface area contributed by atoms with Crippen LogP contribution in [0.25, 0.3) is 28.5 Å². The highest BCUT2D eigenvalue weighted by Gasteiger charge is 2.33. The minimum Gasteiger partial charge on any atom is -0.504 e. The number of hydrogen-bond donors (Lipinski definition) is 2. The van der Waals surface area contributed by atoms with E-state index < -0.39 is 0 Å². The van der Waals surface area contributed by atoms with Crippen LogP contribution in [0.15, 0.2) is 66.0 Å². The maximum Gasteiger partial charge on any atom is 0.172 e. The molecule has 2 aliphatic rings. The van der Waals surface area contributed by atoms with Crippen molar-refractivity contribution in [2.45, 2.75) is 40.2 Å². The Balaban J connectivity index is 1.68. The monoisotopic (exact) mass is 513 g/mol. The SMILES string of the molecule is COc1c(O)ccc2c1-c1ccc3c(c1/C(=C/c1cccc(OC/C(C)=C(/C)F)c1)O2)C(C)=CC(C)(C)N3. The zero-order chi connectivity index (χ0) is 27.2. The van der Waals surface area contributed by atoms with E-state index in [1.807, 2.05) is 36.4 Å². The van der Waals surface area contributed by atoms with Gasteiger partial charge in [0.1, 0.15) is 23.9 Å². The fourth-order valence-electron chi connectivity index (χ4n) is 5.09. The molecule has 6 heteroatoms. The Kier molecular flexibility index (Phi) is 6.43. The molecule has 0 radical (unpaired) electrons. The van der Waals surface area contributed by atoms with Crippen molar-refractivity contribution in [3.63, 3.8) is 0 Å². The molecule has 3 aromatic rings. The van der Waals surface area contributed by atoms with E-state index in [0.717, 1.165) is 33.5 Å². The first kappa shape index (κ1) is 25.5. The average Bonchev–Trinajstić information content (AvgIpc) is 2.86. The number of halogens is 1. The van der Waals surface area contributed by atoms with Gasteiger partial charge in [0.05, 0.1) is 24.0 Å². The lowest BCUT2D eigenvalue weighted by Gasteiger charge is -2.35. The van der Waals surface area contributed by atoms with Crippen molar-refractivity contribution < 1.29 is 23.7 Å². The van der Waals surface area contributed by atoms with Crippen molar-refractivity contribution in [1.29, 1.82) is 0 Å². The van der Waals surface area contributed by atoms with E-state index >= 15 is 0 Å². The summed E-state index contributed by atoms with van der Waals surface area (Å²) in [5, 5.41) is 14.2. The van der Waals surface area contributed by atoms with E-state index in [9.17, 15) is 9.50 Å². The summed E-state index contributed by atoms with van der Waals surface area (Å²) in [5.41, 5.74) is 6.92. The molecule has 2 aliphatic heterocycles. The minimum absolute atomic E-state index is 0.0511. The number of phenolic OH excluding ortho intramolecular Hbond substituents is 1. The van der Waals surface area contributed by atoms with E-state index in [1.54, 1.807) is 26.2 Å². The number of nitrogens with one attached hydrogen (secondary N) is 1. The van der Waals surface area contributed by atoms with Crippen molar-refractivity contribution >= 4 is 23.1 Å². The maximum atomic E-state index is 13.5. The van der Waals surface area contributed by atoms with Crippen LogP contribution >= 0.6 is 0 Å². The van der Waals surface area contributed by atoms with Crippen LogP contribution in [0.3, 0.4) is 0 Å². The van der Waals surface area contributed by atoms with Gasteiger partial charge in [0.2, 0.25) is 0 Å².